The lowest BCUT2D eigenvalue weighted by Crippen LogP contribution is -2.13. The Bertz CT molecular complexity index is 396. The predicted octanol–water partition coefficient (Wildman–Crippen LogP) is 2.77. The number of phenols is 1. The molecule has 0 heterocycles. The molecule has 0 aliphatic rings. The molecule has 0 aromatic heterocycles. The van der Waals surface area contributed by atoms with E-state index in [0.717, 1.165) is 0 Å². The van der Waals surface area contributed by atoms with Gasteiger partial charge in [-0.15, -0.1) is 12.4 Å². The molecule has 1 aromatic carbocycles. The molecule has 1 atom stereocenters. The number of hydrogen-bond acceptors (Lipinski definition) is 4. The van der Waals surface area contributed by atoms with Gasteiger partial charge in [0.05, 0.1) is 4.92 Å². The van der Waals surface area contributed by atoms with Crippen molar-refractivity contribution in [3.05, 3.63) is 33.9 Å². The number of aromatic hydroxyl groups is 1. The summed E-state index contributed by atoms with van der Waals surface area (Å²) in [5, 5.41) is 20.2. The molecule has 0 bridgehead atoms. The third-order valence-electron chi connectivity index (χ3n) is 2.35. The van der Waals surface area contributed by atoms with Crippen LogP contribution in [0.2, 0.25) is 0 Å². The van der Waals surface area contributed by atoms with Gasteiger partial charge in [0.15, 0.2) is 0 Å². The number of benzene rings is 1. The topological polar surface area (TPSA) is 89.4 Å². The highest BCUT2D eigenvalue weighted by atomic mass is 35.5. The van der Waals surface area contributed by atoms with Crippen molar-refractivity contribution >= 4 is 18.1 Å². The van der Waals surface area contributed by atoms with Gasteiger partial charge in [0.1, 0.15) is 5.75 Å². The molecule has 0 amide bonds. The molecule has 0 aliphatic carbocycles. The van der Waals surface area contributed by atoms with Crippen molar-refractivity contribution in [2.24, 2.45) is 11.7 Å². The second-order valence-electron chi connectivity index (χ2n) is 4.24. The maximum absolute atomic E-state index is 10.6. The molecule has 1 rings (SSSR count). The molecule has 0 radical (unpaired) electrons. The summed E-state index contributed by atoms with van der Waals surface area (Å²) >= 11 is 0. The van der Waals surface area contributed by atoms with E-state index >= 15 is 0 Å². The number of halogens is 1. The zero-order chi connectivity index (χ0) is 12.3. The molecule has 96 valence electrons. The summed E-state index contributed by atoms with van der Waals surface area (Å²) < 4.78 is 0. The zero-order valence-corrected chi connectivity index (χ0v) is 10.6. The molecular weight excluding hydrogens is 244 g/mol. The van der Waals surface area contributed by atoms with E-state index < -0.39 is 4.92 Å². The van der Waals surface area contributed by atoms with E-state index in [-0.39, 0.29) is 29.9 Å². The summed E-state index contributed by atoms with van der Waals surface area (Å²) in [6.07, 6.45) is 0.675. The minimum Gasteiger partial charge on any atom is -0.508 e. The van der Waals surface area contributed by atoms with E-state index in [1.807, 2.05) is 13.8 Å². The Morgan fingerprint density at radius 3 is 2.53 bits per heavy atom. The first-order valence-corrected chi connectivity index (χ1v) is 5.14. The molecule has 0 saturated carbocycles. The van der Waals surface area contributed by atoms with Gasteiger partial charge in [0, 0.05) is 23.7 Å². The van der Waals surface area contributed by atoms with E-state index in [2.05, 4.69) is 0 Å². The van der Waals surface area contributed by atoms with Crippen LogP contribution in [0, 0.1) is 16.0 Å². The van der Waals surface area contributed by atoms with Crippen LogP contribution < -0.4 is 5.73 Å². The van der Waals surface area contributed by atoms with Crippen molar-refractivity contribution in [1.29, 1.82) is 0 Å². The molecule has 5 nitrogen and oxygen atoms in total. The summed E-state index contributed by atoms with van der Waals surface area (Å²) in [5.74, 6) is 0.382. The van der Waals surface area contributed by atoms with Gasteiger partial charge in [0.25, 0.3) is 5.69 Å². The molecule has 0 spiro atoms. The van der Waals surface area contributed by atoms with Crippen LogP contribution >= 0.6 is 12.4 Å². The SMILES string of the molecule is CC(C)C[C@@H](N)c1cc([N+](=O)[O-])ccc1O.Cl. The maximum Gasteiger partial charge on any atom is 0.270 e. The first-order chi connectivity index (χ1) is 7.41. The molecule has 3 N–H and O–H groups in total. The van der Waals surface area contributed by atoms with Crippen molar-refractivity contribution in [3.63, 3.8) is 0 Å². The van der Waals surface area contributed by atoms with Crippen LogP contribution in [0.1, 0.15) is 31.9 Å². The highest BCUT2D eigenvalue weighted by molar-refractivity contribution is 5.85. The minimum absolute atomic E-state index is 0. The van der Waals surface area contributed by atoms with Gasteiger partial charge in [-0.3, -0.25) is 10.1 Å². The van der Waals surface area contributed by atoms with Crippen LogP contribution in [0.15, 0.2) is 18.2 Å². The van der Waals surface area contributed by atoms with Gasteiger partial charge in [-0.25, -0.2) is 0 Å². The molecule has 0 aliphatic heterocycles. The number of non-ortho nitro benzene ring substituents is 1. The Morgan fingerprint density at radius 2 is 2.06 bits per heavy atom. The van der Waals surface area contributed by atoms with Crippen molar-refractivity contribution in [2.45, 2.75) is 26.3 Å². The summed E-state index contributed by atoms with van der Waals surface area (Å²) in [6, 6.07) is 3.54. The van der Waals surface area contributed by atoms with Gasteiger partial charge in [-0.2, -0.15) is 0 Å². The Hall–Kier alpha value is -1.33. The smallest absolute Gasteiger partial charge is 0.270 e. The number of hydrogen-bond donors (Lipinski definition) is 2. The highest BCUT2D eigenvalue weighted by Crippen LogP contribution is 2.30. The Morgan fingerprint density at radius 1 is 1.47 bits per heavy atom. The standard InChI is InChI=1S/C11H16N2O3.ClH/c1-7(2)5-10(12)9-6-8(13(15)16)3-4-11(9)14;/h3-4,6-7,10,14H,5,12H2,1-2H3;1H/t10-;/m1./s1. The predicted molar refractivity (Wildman–Crippen MR) is 68.4 cm³/mol. The average molecular weight is 261 g/mol. The van der Waals surface area contributed by atoms with Gasteiger partial charge < -0.3 is 10.8 Å². The van der Waals surface area contributed by atoms with E-state index in [0.29, 0.717) is 17.9 Å². The lowest BCUT2D eigenvalue weighted by Gasteiger charge is -2.15. The van der Waals surface area contributed by atoms with Gasteiger partial charge in [0.2, 0.25) is 0 Å². The van der Waals surface area contributed by atoms with Crippen molar-refractivity contribution in [2.75, 3.05) is 0 Å². The van der Waals surface area contributed by atoms with Gasteiger partial charge >= 0.3 is 0 Å². The molecular formula is C11H17ClN2O3. The Labute approximate surface area is 106 Å². The van der Waals surface area contributed by atoms with Crippen LogP contribution in [0.5, 0.6) is 5.75 Å². The van der Waals surface area contributed by atoms with Crippen LogP contribution in [0.4, 0.5) is 5.69 Å². The number of phenolic OH excluding ortho intramolecular Hbond substituents is 1. The summed E-state index contributed by atoms with van der Waals surface area (Å²) in [4.78, 5) is 10.1. The summed E-state index contributed by atoms with van der Waals surface area (Å²) in [7, 11) is 0. The third kappa shape index (κ3) is 4.20. The van der Waals surface area contributed by atoms with E-state index in [1.54, 1.807) is 0 Å². The number of nitro benzene ring substituents is 1. The molecule has 17 heavy (non-hydrogen) atoms. The fraction of sp³-hybridized carbons (Fsp3) is 0.455. The fourth-order valence-electron chi connectivity index (χ4n) is 1.59. The van der Waals surface area contributed by atoms with Crippen LogP contribution in [-0.2, 0) is 0 Å². The van der Waals surface area contributed by atoms with E-state index in [9.17, 15) is 15.2 Å². The quantitative estimate of drug-likeness (QED) is 0.643. The summed E-state index contributed by atoms with van der Waals surface area (Å²) in [6.45, 7) is 4.02. The normalized spacial score (nSPS) is 12.0. The monoisotopic (exact) mass is 260 g/mol. The molecule has 0 fully saturated rings. The molecule has 0 saturated heterocycles. The van der Waals surface area contributed by atoms with Crippen molar-refractivity contribution in [1.82, 2.24) is 0 Å². The zero-order valence-electron chi connectivity index (χ0n) is 9.79. The Kier molecular flexibility index (Phi) is 5.91. The lowest BCUT2D eigenvalue weighted by molar-refractivity contribution is -0.385. The molecule has 6 heteroatoms. The minimum atomic E-state index is -0.495. The average Bonchev–Trinajstić information content (AvgIpc) is 2.16. The van der Waals surface area contributed by atoms with Crippen LogP contribution in [0.25, 0.3) is 0 Å². The molecule has 1 aromatic rings. The third-order valence-corrected chi connectivity index (χ3v) is 2.35. The fourth-order valence-corrected chi connectivity index (χ4v) is 1.59. The maximum atomic E-state index is 10.6. The van der Waals surface area contributed by atoms with E-state index in [1.165, 1.54) is 18.2 Å². The lowest BCUT2D eigenvalue weighted by atomic mass is 9.97. The van der Waals surface area contributed by atoms with Gasteiger partial charge in [-0.05, 0) is 18.4 Å². The number of nitro groups is 1. The molecule has 0 unspecified atom stereocenters. The first-order valence-electron chi connectivity index (χ1n) is 5.14. The largest absolute Gasteiger partial charge is 0.508 e. The number of nitrogens with zero attached hydrogens (tertiary/aromatic N) is 1. The van der Waals surface area contributed by atoms with Crippen molar-refractivity contribution in [3.8, 4) is 5.75 Å². The first kappa shape index (κ1) is 15.7. The van der Waals surface area contributed by atoms with E-state index in [4.69, 9.17) is 5.73 Å². The van der Waals surface area contributed by atoms with Crippen molar-refractivity contribution < 1.29 is 10.0 Å². The van der Waals surface area contributed by atoms with Crippen LogP contribution in [-0.4, -0.2) is 10.0 Å². The highest BCUT2D eigenvalue weighted by Gasteiger charge is 2.16. The Balaban J connectivity index is 0.00000256. The number of rotatable bonds is 4. The second kappa shape index (κ2) is 6.42. The second-order valence-corrected chi connectivity index (χ2v) is 4.24. The summed E-state index contributed by atoms with van der Waals surface area (Å²) in [5.41, 5.74) is 6.27. The number of nitrogens with two attached hydrogens (primary N) is 1. The van der Waals surface area contributed by atoms with Gasteiger partial charge in [-0.1, -0.05) is 13.8 Å². The van der Waals surface area contributed by atoms with Crippen LogP contribution in [0.3, 0.4) is 0 Å².